The molecule has 28 heavy (non-hydrogen) atoms. The Kier molecular flexibility index (Phi) is 7.28. The molecule has 0 aromatic heterocycles. The molecule has 0 radical (unpaired) electrons. The van der Waals surface area contributed by atoms with Crippen LogP contribution in [0.4, 0.5) is 15.8 Å². The Morgan fingerprint density at radius 1 is 1.07 bits per heavy atom. The molecule has 2 aromatic carbocycles. The highest BCUT2D eigenvalue weighted by atomic mass is 35.5. The molecule has 2 amide bonds. The van der Waals surface area contributed by atoms with Gasteiger partial charge in [-0.1, -0.05) is 17.7 Å². The molecule has 0 saturated carbocycles. The maximum absolute atomic E-state index is 13.1. The predicted molar refractivity (Wildman–Crippen MR) is 105 cm³/mol. The van der Waals surface area contributed by atoms with Crippen LogP contribution in [0, 0.1) is 5.82 Å². The van der Waals surface area contributed by atoms with Crippen molar-refractivity contribution >= 4 is 46.8 Å². The summed E-state index contributed by atoms with van der Waals surface area (Å²) in [6, 6.07) is 10.5. The first kappa shape index (κ1) is 21.1. The van der Waals surface area contributed by atoms with Crippen molar-refractivity contribution in [2.24, 2.45) is 0 Å². The van der Waals surface area contributed by atoms with Gasteiger partial charge in [0.1, 0.15) is 5.82 Å². The zero-order chi connectivity index (χ0) is 20.7. The van der Waals surface area contributed by atoms with Crippen molar-refractivity contribution < 1.29 is 23.5 Å². The fourth-order valence-electron chi connectivity index (χ4n) is 2.13. The van der Waals surface area contributed by atoms with Gasteiger partial charge in [-0.3, -0.25) is 9.59 Å². The highest BCUT2D eigenvalue weighted by Gasteiger charge is 2.16. The van der Waals surface area contributed by atoms with Gasteiger partial charge in [0, 0.05) is 24.4 Å². The van der Waals surface area contributed by atoms with E-state index >= 15 is 0 Å². The van der Waals surface area contributed by atoms with Gasteiger partial charge in [0.25, 0.3) is 5.91 Å². The Bertz CT molecular complexity index is 913. The lowest BCUT2D eigenvalue weighted by Crippen LogP contribution is -2.29. The zero-order valence-corrected chi connectivity index (χ0v) is 15.9. The fraction of sp³-hybridized carbons (Fsp3) is 0.150. The summed E-state index contributed by atoms with van der Waals surface area (Å²) in [5, 5.41) is 5.15. The summed E-state index contributed by atoms with van der Waals surface area (Å²) in [4.78, 5) is 35.0. The summed E-state index contributed by atoms with van der Waals surface area (Å²) in [5.41, 5.74) is 1.59. The Morgan fingerprint density at radius 2 is 1.68 bits per heavy atom. The maximum Gasteiger partial charge on any atom is 0.331 e. The van der Waals surface area contributed by atoms with Crippen molar-refractivity contribution in [1.82, 2.24) is 0 Å². The van der Waals surface area contributed by atoms with Crippen LogP contribution >= 0.6 is 11.6 Å². The number of ether oxygens (including phenoxy) is 1. The summed E-state index contributed by atoms with van der Waals surface area (Å²) >= 11 is 5.67. The molecular formula is C20H18ClFN2O4. The summed E-state index contributed by atoms with van der Waals surface area (Å²) in [6.45, 7) is 2.83. The molecule has 0 aliphatic rings. The van der Waals surface area contributed by atoms with Crippen LogP contribution < -0.4 is 10.6 Å². The second kappa shape index (κ2) is 9.66. The monoisotopic (exact) mass is 404 g/mol. The molecule has 0 unspecified atom stereocenters. The molecule has 0 aliphatic heterocycles. The van der Waals surface area contributed by atoms with Crippen LogP contribution in [-0.2, 0) is 19.1 Å². The van der Waals surface area contributed by atoms with Crippen LogP contribution in [0.3, 0.4) is 0 Å². The van der Waals surface area contributed by atoms with Crippen molar-refractivity contribution in [3.63, 3.8) is 0 Å². The van der Waals surface area contributed by atoms with Gasteiger partial charge in [-0.2, -0.15) is 0 Å². The predicted octanol–water partition coefficient (Wildman–Crippen LogP) is 4.02. The third kappa shape index (κ3) is 6.51. The van der Waals surface area contributed by atoms with E-state index in [-0.39, 0.29) is 10.9 Å². The lowest BCUT2D eigenvalue weighted by atomic mass is 10.2. The lowest BCUT2D eigenvalue weighted by molar-refractivity contribution is -0.148. The van der Waals surface area contributed by atoms with Crippen molar-refractivity contribution in [2.75, 3.05) is 10.6 Å². The van der Waals surface area contributed by atoms with Crippen LogP contribution in [0.15, 0.2) is 48.5 Å². The van der Waals surface area contributed by atoms with Gasteiger partial charge in [-0.15, -0.1) is 0 Å². The van der Waals surface area contributed by atoms with Crippen molar-refractivity contribution in [2.45, 2.75) is 20.0 Å². The molecule has 2 rings (SSSR count). The third-order valence-corrected chi connectivity index (χ3v) is 3.78. The van der Waals surface area contributed by atoms with E-state index in [1.165, 1.54) is 38.1 Å². The number of amides is 2. The minimum atomic E-state index is -1.04. The number of esters is 1. The van der Waals surface area contributed by atoms with E-state index in [9.17, 15) is 18.8 Å². The number of anilines is 2. The molecule has 146 valence electrons. The molecule has 1 atom stereocenters. The quantitative estimate of drug-likeness (QED) is 0.562. The minimum absolute atomic E-state index is 0.0622. The summed E-state index contributed by atoms with van der Waals surface area (Å²) in [7, 11) is 0. The Balaban J connectivity index is 1.88. The van der Waals surface area contributed by atoms with Crippen molar-refractivity contribution in [1.29, 1.82) is 0 Å². The minimum Gasteiger partial charge on any atom is -0.449 e. The topological polar surface area (TPSA) is 84.5 Å². The van der Waals surface area contributed by atoms with Crippen LogP contribution in [0.2, 0.25) is 5.02 Å². The average Bonchev–Trinajstić information content (AvgIpc) is 2.63. The van der Waals surface area contributed by atoms with Gasteiger partial charge < -0.3 is 15.4 Å². The second-order valence-corrected chi connectivity index (χ2v) is 6.24. The van der Waals surface area contributed by atoms with Crippen molar-refractivity contribution in [3.8, 4) is 0 Å². The van der Waals surface area contributed by atoms with E-state index < -0.39 is 23.8 Å². The van der Waals surface area contributed by atoms with E-state index in [0.29, 0.717) is 16.9 Å². The number of hydrogen-bond donors (Lipinski definition) is 2. The molecule has 0 bridgehead atoms. The molecule has 0 fully saturated rings. The SMILES string of the molecule is CC(=O)Nc1ccc(NC(=O)[C@H](C)OC(=O)/C=C/c2ccc(F)c(Cl)c2)cc1. The first-order valence-electron chi connectivity index (χ1n) is 8.27. The first-order valence-corrected chi connectivity index (χ1v) is 8.64. The van der Waals surface area contributed by atoms with Crippen molar-refractivity contribution in [3.05, 3.63) is 64.9 Å². The highest BCUT2D eigenvalue weighted by molar-refractivity contribution is 6.30. The molecule has 2 N–H and O–H groups in total. The molecule has 0 heterocycles. The number of rotatable bonds is 6. The van der Waals surface area contributed by atoms with Crippen LogP contribution in [-0.4, -0.2) is 23.9 Å². The van der Waals surface area contributed by atoms with E-state index in [4.69, 9.17) is 16.3 Å². The van der Waals surface area contributed by atoms with Crippen LogP contribution in [0.25, 0.3) is 6.08 Å². The number of carbonyl (C=O) groups excluding carboxylic acids is 3. The molecule has 2 aromatic rings. The maximum atomic E-state index is 13.1. The lowest BCUT2D eigenvalue weighted by Gasteiger charge is -2.12. The van der Waals surface area contributed by atoms with E-state index in [2.05, 4.69) is 10.6 Å². The molecule has 8 heteroatoms. The molecule has 6 nitrogen and oxygen atoms in total. The van der Waals surface area contributed by atoms with Crippen LogP contribution in [0.1, 0.15) is 19.4 Å². The number of halogens is 2. The zero-order valence-electron chi connectivity index (χ0n) is 15.2. The highest BCUT2D eigenvalue weighted by Crippen LogP contribution is 2.17. The van der Waals surface area contributed by atoms with Crippen LogP contribution in [0.5, 0.6) is 0 Å². The summed E-state index contributed by atoms with van der Waals surface area (Å²) in [5.74, 6) is -2.01. The fourth-order valence-corrected chi connectivity index (χ4v) is 2.32. The standard InChI is InChI=1S/C20H18ClFN2O4/c1-12(20(27)24-16-7-5-15(6-8-16)23-13(2)25)28-19(26)10-4-14-3-9-18(22)17(21)11-14/h3-12H,1-2H3,(H,23,25)(H,24,27)/b10-4+/t12-/m0/s1. The first-order chi connectivity index (χ1) is 13.2. The molecule has 0 aliphatic carbocycles. The number of carbonyl (C=O) groups is 3. The molecule has 0 spiro atoms. The van der Waals surface area contributed by atoms with Gasteiger partial charge >= 0.3 is 5.97 Å². The summed E-state index contributed by atoms with van der Waals surface area (Å²) < 4.78 is 18.1. The van der Waals surface area contributed by atoms with Gasteiger partial charge in [0.2, 0.25) is 5.91 Å². The Labute approximate surface area is 166 Å². The molecule has 0 saturated heterocycles. The number of hydrogen-bond acceptors (Lipinski definition) is 4. The van der Waals surface area contributed by atoms with E-state index in [1.54, 1.807) is 24.3 Å². The summed E-state index contributed by atoms with van der Waals surface area (Å²) in [6.07, 6.45) is 1.48. The van der Waals surface area contributed by atoms with Gasteiger partial charge in [-0.25, -0.2) is 9.18 Å². The average molecular weight is 405 g/mol. The largest absolute Gasteiger partial charge is 0.449 e. The smallest absolute Gasteiger partial charge is 0.331 e. The Hall–Kier alpha value is -3.19. The third-order valence-electron chi connectivity index (χ3n) is 3.49. The number of nitrogens with one attached hydrogen (secondary N) is 2. The van der Waals surface area contributed by atoms with Gasteiger partial charge in [-0.05, 0) is 55.0 Å². The van der Waals surface area contributed by atoms with Gasteiger partial charge in [0.15, 0.2) is 6.10 Å². The molecular weight excluding hydrogens is 387 g/mol. The normalized spacial score (nSPS) is 11.7. The Morgan fingerprint density at radius 3 is 2.25 bits per heavy atom. The second-order valence-electron chi connectivity index (χ2n) is 5.83. The van der Waals surface area contributed by atoms with E-state index in [0.717, 1.165) is 6.08 Å². The van der Waals surface area contributed by atoms with E-state index in [1.807, 2.05) is 0 Å². The number of benzene rings is 2. The van der Waals surface area contributed by atoms with Gasteiger partial charge in [0.05, 0.1) is 5.02 Å².